The molecule has 0 bridgehead atoms. The van der Waals surface area contributed by atoms with Gasteiger partial charge in [-0.2, -0.15) is 0 Å². The van der Waals surface area contributed by atoms with E-state index in [0.717, 1.165) is 38.1 Å². The fourth-order valence-electron chi connectivity index (χ4n) is 4.28. The Morgan fingerprint density at radius 2 is 2.00 bits per heavy atom. The monoisotopic (exact) mass is 450 g/mol. The molecule has 0 spiro atoms. The highest BCUT2D eigenvalue weighted by molar-refractivity contribution is 8.17. The summed E-state index contributed by atoms with van der Waals surface area (Å²) in [6, 6.07) is 8.40. The molecule has 4 nitrogen and oxygen atoms in total. The van der Waals surface area contributed by atoms with Gasteiger partial charge in [0.25, 0.3) is 0 Å². The van der Waals surface area contributed by atoms with Gasteiger partial charge in [-0.3, -0.25) is 4.79 Å². The molecular formula is C24H38N2O2S2. The van der Waals surface area contributed by atoms with E-state index in [9.17, 15) is 4.79 Å². The van der Waals surface area contributed by atoms with E-state index in [4.69, 9.17) is 4.74 Å². The second-order valence-corrected chi connectivity index (χ2v) is 11.3. The van der Waals surface area contributed by atoms with Crippen LogP contribution in [0.4, 0.5) is 0 Å². The van der Waals surface area contributed by atoms with Gasteiger partial charge >= 0.3 is 0 Å². The highest BCUT2D eigenvalue weighted by Gasteiger charge is 2.26. The van der Waals surface area contributed by atoms with Crippen LogP contribution in [0.2, 0.25) is 0 Å². The summed E-state index contributed by atoms with van der Waals surface area (Å²) in [4.78, 5) is 14.6. The molecule has 0 saturated carbocycles. The zero-order valence-corrected chi connectivity index (χ0v) is 20.1. The normalized spacial score (nSPS) is 22.6. The standard InChI is InChI=1S/C24H38N2O2S2/c1-28-22-12-5-4-11-21(22)24-29-19-14-20(30-24)10-3-6-13-23(27)25-15-9-18-26-16-7-2-8-17-26/h4-5,11-12,20,24H,2-3,6-10,13-19H2,1H3,(H,25,27). The molecule has 1 aromatic rings. The maximum atomic E-state index is 12.1. The number of amides is 1. The Balaban J connectivity index is 1.26. The van der Waals surface area contributed by atoms with Gasteiger partial charge in [-0.1, -0.05) is 31.0 Å². The molecule has 0 radical (unpaired) electrons. The summed E-state index contributed by atoms with van der Waals surface area (Å²) in [5, 5.41) is 3.80. The predicted molar refractivity (Wildman–Crippen MR) is 131 cm³/mol. The van der Waals surface area contributed by atoms with Crippen molar-refractivity contribution in [2.24, 2.45) is 0 Å². The van der Waals surface area contributed by atoms with Gasteiger partial charge in [-0.25, -0.2) is 0 Å². The van der Waals surface area contributed by atoms with Crippen molar-refractivity contribution >= 4 is 29.4 Å². The summed E-state index contributed by atoms with van der Waals surface area (Å²) >= 11 is 4.11. The lowest BCUT2D eigenvalue weighted by atomic mass is 10.1. The Morgan fingerprint density at radius 3 is 2.83 bits per heavy atom. The molecule has 0 aliphatic carbocycles. The number of benzene rings is 1. The zero-order valence-electron chi connectivity index (χ0n) is 18.4. The number of likely N-dealkylation sites (tertiary alicyclic amines) is 1. The van der Waals surface area contributed by atoms with Crippen LogP contribution in [0.3, 0.4) is 0 Å². The van der Waals surface area contributed by atoms with Crippen LogP contribution in [-0.4, -0.2) is 55.1 Å². The SMILES string of the molecule is COc1ccccc1C1SCCC(CCCCC(=O)NCCCN2CCCCC2)S1. The molecule has 6 heteroatoms. The maximum absolute atomic E-state index is 12.1. The van der Waals surface area contributed by atoms with Crippen LogP contribution in [0.15, 0.2) is 24.3 Å². The Kier molecular flexibility index (Phi) is 10.7. The van der Waals surface area contributed by atoms with E-state index < -0.39 is 0 Å². The average molecular weight is 451 g/mol. The number of carbonyl (C=O) groups excluding carboxylic acids is 1. The number of hydrogen-bond donors (Lipinski definition) is 1. The van der Waals surface area contributed by atoms with Crippen molar-refractivity contribution < 1.29 is 9.53 Å². The number of methoxy groups -OCH3 is 1. The van der Waals surface area contributed by atoms with Crippen molar-refractivity contribution in [3.05, 3.63) is 29.8 Å². The first kappa shape index (κ1) is 23.8. The number of nitrogens with zero attached hydrogens (tertiary/aromatic N) is 1. The van der Waals surface area contributed by atoms with E-state index in [1.165, 1.54) is 56.5 Å². The number of carbonyl (C=O) groups is 1. The minimum absolute atomic E-state index is 0.229. The van der Waals surface area contributed by atoms with E-state index >= 15 is 0 Å². The summed E-state index contributed by atoms with van der Waals surface area (Å²) in [5.74, 6) is 2.44. The lowest BCUT2D eigenvalue weighted by molar-refractivity contribution is -0.121. The van der Waals surface area contributed by atoms with Crippen molar-refractivity contribution in [3.8, 4) is 5.75 Å². The molecule has 1 aromatic carbocycles. The van der Waals surface area contributed by atoms with E-state index in [-0.39, 0.29) is 5.91 Å². The Morgan fingerprint density at radius 1 is 1.17 bits per heavy atom. The van der Waals surface area contributed by atoms with Gasteiger partial charge in [-0.05, 0) is 70.0 Å². The van der Waals surface area contributed by atoms with Crippen LogP contribution >= 0.6 is 23.5 Å². The van der Waals surface area contributed by atoms with E-state index in [1.807, 2.05) is 17.8 Å². The molecule has 2 aliphatic heterocycles. The van der Waals surface area contributed by atoms with Crippen molar-refractivity contribution in [1.29, 1.82) is 0 Å². The number of hydrogen-bond acceptors (Lipinski definition) is 5. The minimum Gasteiger partial charge on any atom is -0.496 e. The van der Waals surface area contributed by atoms with Gasteiger partial charge < -0.3 is 15.0 Å². The largest absolute Gasteiger partial charge is 0.496 e. The molecule has 3 rings (SSSR count). The third-order valence-electron chi connectivity index (χ3n) is 6.02. The van der Waals surface area contributed by atoms with Gasteiger partial charge in [0.2, 0.25) is 5.91 Å². The van der Waals surface area contributed by atoms with E-state index in [0.29, 0.717) is 16.3 Å². The molecule has 2 fully saturated rings. The molecule has 1 amide bonds. The molecule has 2 unspecified atom stereocenters. The fourth-order valence-corrected chi connectivity index (χ4v) is 7.76. The molecule has 1 N–H and O–H groups in total. The number of piperidine rings is 1. The third-order valence-corrected chi connectivity index (χ3v) is 9.15. The van der Waals surface area contributed by atoms with Gasteiger partial charge in [0, 0.05) is 23.8 Å². The molecule has 2 aliphatic rings. The van der Waals surface area contributed by atoms with Crippen LogP contribution in [0.25, 0.3) is 0 Å². The second kappa shape index (κ2) is 13.5. The zero-order chi connectivity index (χ0) is 21.0. The highest BCUT2D eigenvalue weighted by Crippen LogP contribution is 2.50. The van der Waals surface area contributed by atoms with Crippen LogP contribution in [-0.2, 0) is 4.79 Å². The summed E-state index contributed by atoms with van der Waals surface area (Å²) in [5.41, 5.74) is 1.31. The third kappa shape index (κ3) is 8.01. The topological polar surface area (TPSA) is 41.6 Å². The van der Waals surface area contributed by atoms with Crippen LogP contribution in [0, 0.1) is 0 Å². The lowest BCUT2D eigenvalue weighted by Crippen LogP contribution is -2.33. The van der Waals surface area contributed by atoms with Crippen molar-refractivity contribution in [3.63, 3.8) is 0 Å². The first-order valence-corrected chi connectivity index (χ1v) is 13.6. The number of nitrogens with one attached hydrogen (secondary N) is 1. The van der Waals surface area contributed by atoms with Crippen LogP contribution < -0.4 is 10.1 Å². The number of para-hydroxylation sites is 1. The minimum atomic E-state index is 0.229. The molecule has 168 valence electrons. The number of rotatable bonds is 11. The summed E-state index contributed by atoms with van der Waals surface area (Å²) in [7, 11) is 1.76. The van der Waals surface area contributed by atoms with Crippen molar-refractivity contribution in [2.45, 2.75) is 67.6 Å². The first-order chi connectivity index (χ1) is 14.8. The summed E-state index contributed by atoms with van der Waals surface area (Å²) in [6.07, 6.45) is 10.4. The molecule has 2 saturated heterocycles. The van der Waals surface area contributed by atoms with Gasteiger partial charge in [0.1, 0.15) is 5.75 Å². The Bertz CT molecular complexity index is 637. The summed E-state index contributed by atoms with van der Waals surface area (Å²) < 4.78 is 6.02. The van der Waals surface area contributed by atoms with Crippen LogP contribution in [0.1, 0.15) is 67.9 Å². The van der Waals surface area contributed by atoms with Crippen molar-refractivity contribution in [2.75, 3.05) is 39.0 Å². The van der Waals surface area contributed by atoms with E-state index in [1.54, 1.807) is 7.11 Å². The van der Waals surface area contributed by atoms with Crippen molar-refractivity contribution in [1.82, 2.24) is 10.2 Å². The Labute approximate surface area is 191 Å². The quantitative estimate of drug-likeness (QED) is 0.452. The number of unbranched alkanes of at least 4 members (excludes halogenated alkanes) is 1. The van der Waals surface area contributed by atoms with Gasteiger partial charge in [0.05, 0.1) is 11.7 Å². The van der Waals surface area contributed by atoms with Gasteiger partial charge in [0.15, 0.2) is 0 Å². The second-order valence-electron chi connectivity index (χ2n) is 8.34. The predicted octanol–water partition coefficient (Wildman–Crippen LogP) is 5.49. The summed E-state index contributed by atoms with van der Waals surface area (Å²) in [6.45, 7) is 4.43. The fraction of sp³-hybridized carbons (Fsp3) is 0.708. The molecular weight excluding hydrogens is 412 g/mol. The molecule has 0 aromatic heterocycles. The smallest absolute Gasteiger partial charge is 0.219 e. The average Bonchev–Trinajstić information content (AvgIpc) is 2.80. The first-order valence-electron chi connectivity index (χ1n) is 11.7. The lowest BCUT2D eigenvalue weighted by Gasteiger charge is -2.29. The number of thioether (sulfide) groups is 2. The molecule has 2 atom stereocenters. The number of ether oxygens (including phenoxy) is 1. The Hall–Kier alpha value is -0.850. The van der Waals surface area contributed by atoms with E-state index in [2.05, 4.69) is 40.2 Å². The van der Waals surface area contributed by atoms with Gasteiger partial charge in [-0.15, -0.1) is 23.5 Å². The van der Waals surface area contributed by atoms with Crippen LogP contribution in [0.5, 0.6) is 5.75 Å². The molecule has 30 heavy (non-hydrogen) atoms. The maximum Gasteiger partial charge on any atom is 0.219 e. The molecule has 2 heterocycles. The highest BCUT2D eigenvalue weighted by atomic mass is 32.2.